The summed E-state index contributed by atoms with van der Waals surface area (Å²) < 4.78 is 21.5. The quantitative estimate of drug-likeness (QED) is 0.545. The summed E-state index contributed by atoms with van der Waals surface area (Å²) in [6.45, 7) is 9.79. The van der Waals surface area contributed by atoms with Crippen LogP contribution in [0.3, 0.4) is 0 Å². The van der Waals surface area contributed by atoms with E-state index in [1.54, 1.807) is 12.3 Å². The third-order valence-corrected chi connectivity index (χ3v) is 6.66. The van der Waals surface area contributed by atoms with Crippen molar-refractivity contribution in [2.24, 2.45) is 0 Å². The predicted octanol–water partition coefficient (Wildman–Crippen LogP) is 4.02. The molecule has 5 nitrogen and oxygen atoms in total. The Bertz CT molecular complexity index is 754. The molecular weight excluding hydrogens is 361 g/mol. The van der Waals surface area contributed by atoms with Crippen molar-refractivity contribution >= 4 is 13.8 Å². The van der Waals surface area contributed by atoms with Crippen molar-refractivity contribution in [2.75, 3.05) is 24.6 Å². The minimum absolute atomic E-state index is 0.286. The number of benzene rings is 1. The number of aliphatic hydroxyl groups is 1. The summed E-state index contributed by atoms with van der Waals surface area (Å²) in [5, 5.41) is 11.0. The van der Waals surface area contributed by atoms with Crippen LogP contribution in [0.15, 0.2) is 30.6 Å². The highest BCUT2D eigenvalue weighted by Crippen LogP contribution is 2.32. The molecule has 1 aromatic heterocycles. The molecule has 0 amide bonds. The number of rotatable bonds is 8. The summed E-state index contributed by atoms with van der Waals surface area (Å²) in [5.41, 5.74) is 1.45. The van der Waals surface area contributed by atoms with E-state index in [0.29, 0.717) is 24.7 Å². The lowest BCUT2D eigenvalue weighted by atomic mass is 10.1. The van der Waals surface area contributed by atoms with Gasteiger partial charge in [0.05, 0.1) is 0 Å². The highest BCUT2D eigenvalue weighted by Gasteiger charge is 2.24. The number of hydrogen-bond donors (Lipinski definition) is 1. The number of aliphatic hydroxyl groups excluding tert-OH is 1. The molecule has 27 heavy (non-hydrogen) atoms. The van der Waals surface area contributed by atoms with Crippen molar-refractivity contribution in [3.05, 3.63) is 47.8 Å². The predicted molar refractivity (Wildman–Crippen MR) is 108 cm³/mol. The maximum Gasteiger partial charge on any atom is 0.144 e. The lowest BCUT2D eigenvalue weighted by Crippen LogP contribution is -2.23. The van der Waals surface area contributed by atoms with Crippen LogP contribution in [0.2, 0.25) is 25.7 Å². The molecule has 0 spiro atoms. The Morgan fingerprint density at radius 3 is 2.70 bits per heavy atom. The molecule has 1 aliphatic heterocycles. The minimum atomic E-state index is -1.14. The summed E-state index contributed by atoms with van der Waals surface area (Å²) in [4.78, 5) is 6.48. The van der Waals surface area contributed by atoms with Crippen molar-refractivity contribution < 1.29 is 14.2 Å². The van der Waals surface area contributed by atoms with Gasteiger partial charge in [0, 0.05) is 51.4 Å². The van der Waals surface area contributed by atoms with E-state index in [1.165, 1.54) is 12.1 Å². The zero-order chi connectivity index (χ0) is 19.4. The molecule has 1 aliphatic rings. The highest BCUT2D eigenvalue weighted by atomic mass is 28.3. The summed E-state index contributed by atoms with van der Waals surface area (Å²) in [6.07, 6.45) is 4.74. The van der Waals surface area contributed by atoms with Gasteiger partial charge in [-0.25, -0.2) is 9.37 Å². The van der Waals surface area contributed by atoms with Gasteiger partial charge < -0.3 is 19.3 Å². The summed E-state index contributed by atoms with van der Waals surface area (Å²) in [5.74, 6) is 0.237. The number of aromatic nitrogens is 2. The van der Waals surface area contributed by atoms with Gasteiger partial charge in [0.25, 0.3) is 0 Å². The van der Waals surface area contributed by atoms with Crippen LogP contribution in [0.5, 0.6) is 0 Å². The fourth-order valence-electron chi connectivity index (χ4n) is 3.34. The largest absolute Gasteiger partial charge is 0.380 e. The van der Waals surface area contributed by atoms with E-state index in [4.69, 9.17) is 4.74 Å². The second kappa shape index (κ2) is 8.54. The maximum atomic E-state index is 13.8. The first kappa shape index (κ1) is 20.0. The first-order valence-corrected chi connectivity index (χ1v) is 13.4. The molecule has 0 aliphatic carbocycles. The summed E-state index contributed by atoms with van der Waals surface area (Å²) in [6, 6.07) is 5.67. The molecule has 2 heterocycles. The third-order valence-electron chi connectivity index (χ3n) is 4.95. The second-order valence-corrected chi connectivity index (χ2v) is 14.0. The van der Waals surface area contributed by atoms with Crippen LogP contribution < -0.4 is 4.90 Å². The van der Waals surface area contributed by atoms with Crippen LogP contribution in [0.1, 0.15) is 30.3 Å². The van der Waals surface area contributed by atoms with E-state index in [9.17, 15) is 9.50 Å². The first-order valence-electron chi connectivity index (χ1n) is 9.66. The molecule has 0 radical (unpaired) electrons. The molecule has 1 fully saturated rings. The SMILES string of the molecule is C[Si](C)(C)CCOCn1ccnc1C(O)c1ccc(F)cc1N1CCCC1. The number of halogens is 1. The molecule has 7 heteroatoms. The van der Waals surface area contributed by atoms with Gasteiger partial charge in [0.2, 0.25) is 0 Å². The smallest absolute Gasteiger partial charge is 0.144 e. The number of hydrogen-bond acceptors (Lipinski definition) is 4. The molecule has 1 N–H and O–H groups in total. The van der Waals surface area contributed by atoms with Crippen LogP contribution in [0.4, 0.5) is 10.1 Å². The Morgan fingerprint density at radius 2 is 2.00 bits per heavy atom. The topological polar surface area (TPSA) is 50.5 Å². The van der Waals surface area contributed by atoms with Crippen LogP contribution in [-0.4, -0.2) is 42.4 Å². The molecule has 0 saturated carbocycles. The zero-order valence-electron chi connectivity index (χ0n) is 16.5. The van der Waals surface area contributed by atoms with Gasteiger partial charge in [-0.3, -0.25) is 0 Å². The fourth-order valence-corrected chi connectivity index (χ4v) is 4.09. The molecule has 1 unspecified atom stereocenters. The highest BCUT2D eigenvalue weighted by molar-refractivity contribution is 6.76. The van der Waals surface area contributed by atoms with Gasteiger partial charge in [-0.05, 0) is 31.0 Å². The summed E-state index contributed by atoms with van der Waals surface area (Å²) in [7, 11) is -1.14. The van der Waals surface area contributed by atoms with E-state index in [2.05, 4.69) is 29.5 Å². The molecule has 0 bridgehead atoms. The van der Waals surface area contributed by atoms with Crippen LogP contribution in [0.25, 0.3) is 0 Å². The molecule has 1 atom stereocenters. The number of ether oxygens (including phenoxy) is 1. The van der Waals surface area contributed by atoms with Crippen molar-refractivity contribution in [3.63, 3.8) is 0 Å². The Labute approximate surface area is 161 Å². The van der Waals surface area contributed by atoms with E-state index in [1.807, 2.05) is 10.8 Å². The standard InChI is InChI=1S/C20H30FN3O2Si/c1-27(2,3)13-12-26-15-24-11-8-22-20(24)19(25)17-7-6-16(21)14-18(17)23-9-4-5-10-23/h6-8,11,14,19,25H,4-5,9-10,12-13,15H2,1-3H3. The number of nitrogens with zero attached hydrogens (tertiary/aromatic N) is 3. The van der Waals surface area contributed by atoms with E-state index in [0.717, 1.165) is 37.7 Å². The Balaban J connectivity index is 1.75. The van der Waals surface area contributed by atoms with Gasteiger partial charge in [-0.1, -0.05) is 25.7 Å². The monoisotopic (exact) mass is 391 g/mol. The van der Waals surface area contributed by atoms with Crippen LogP contribution in [-0.2, 0) is 11.5 Å². The lowest BCUT2D eigenvalue weighted by molar-refractivity contribution is 0.0787. The van der Waals surface area contributed by atoms with Crippen LogP contribution >= 0.6 is 0 Å². The van der Waals surface area contributed by atoms with Gasteiger partial charge in [-0.2, -0.15) is 0 Å². The zero-order valence-corrected chi connectivity index (χ0v) is 17.5. The second-order valence-electron chi connectivity index (χ2n) is 8.40. The lowest BCUT2D eigenvalue weighted by Gasteiger charge is -2.24. The van der Waals surface area contributed by atoms with Crippen molar-refractivity contribution in [3.8, 4) is 0 Å². The Morgan fingerprint density at radius 1 is 1.26 bits per heavy atom. The molecule has 2 aromatic rings. The minimum Gasteiger partial charge on any atom is -0.380 e. The molecule has 1 aromatic carbocycles. The van der Waals surface area contributed by atoms with E-state index in [-0.39, 0.29) is 5.82 Å². The van der Waals surface area contributed by atoms with Gasteiger partial charge >= 0.3 is 0 Å². The molecule has 1 saturated heterocycles. The van der Waals surface area contributed by atoms with Crippen molar-refractivity contribution in [1.29, 1.82) is 0 Å². The van der Waals surface area contributed by atoms with Gasteiger partial charge in [-0.15, -0.1) is 0 Å². The van der Waals surface area contributed by atoms with Crippen LogP contribution in [0, 0.1) is 5.82 Å². The summed E-state index contributed by atoms with van der Waals surface area (Å²) >= 11 is 0. The first-order chi connectivity index (χ1) is 12.8. The van der Waals surface area contributed by atoms with Gasteiger partial charge in [0.15, 0.2) is 0 Å². The van der Waals surface area contributed by atoms with Crippen molar-refractivity contribution in [1.82, 2.24) is 9.55 Å². The number of imidazole rings is 1. The molecular formula is C20H30FN3O2Si. The van der Waals surface area contributed by atoms with Gasteiger partial charge in [0.1, 0.15) is 24.5 Å². The third kappa shape index (κ3) is 5.18. The average Bonchev–Trinajstić information content (AvgIpc) is 3.29. The van der Waals surface area contributed by atoms with E-state index >= 15 is 0 Å². The molecule has 3 rings (SSSR count). The number of anilines is 1. The average molecular weight is 392 g/mol. The van der Waals surface area contributed by atoms with Crippen molar-refractivity contribution in [2.45, 2.75) is 51.4 Å². The molecule has 148 valence electrons. The van der Waals surface area contributed by atoms with E-state index < -0.39 is 14.2 Å². The maximum absolute atomic E-state index is 13.8. The fraction of sp³-hybridized carbons (Fsp3) is 0.550. The normalized spacial score (nSPS) is 16.1. The Hall–Kier alpha value is -1.70. The Kier molecular flexibility index (Phi) is 6.34.